The van der Waals surface area contributed by atoms with Crippen LogP contribution in [-0.4, -0.2) is 63.5 Å². The Balaban J connectivity index is 0.00000289. The van der Waals surface area contributed by atoms with E-state index in [1.807, 2.05) is 4.90 Å². The predicted molar refractivity (Wildman–Crippen MR) is 128 cm³/mol. The van der Waals surface area contributed by atoms with E-state index < -0.39 is 5.54 Å². The molecule has 8 heteroatoms. The lowest BCUT2D eigenvalue weighted by atomic mass is 9.77. The molecule has 1 aliphatic carbocycles. The van der Waals surface area contributed by atoms with Crippen LogP contribution in [0.2, 0.25) is 0 Å². The van der Waals surface area contributed by atoms with E-state index in [4.69, 9.17) is 0 Å². The van der Waals surface area contributed by atoms with Crippen molar-refractivity contribution in [1.29, 1.82) is 0 Å². The number of likely N-dealkylation sites (tertiary alicyclic amines) is 1. The Morgan fingerprint density at radius 2 is 1.81 bits per heavy atom. The maximum Gasteiger partial charge on any atom is 0.246 e. The number of aryl methyl sites for hydroxylation is 2. The second-order valence-corrected chi connectivity index (χ2v) is 9.84. The summed E-state index contributed by atoms with van der Waals surface area (Å²) in [5.74, 6) is 0.760. The second kappa shape index (κ2) is 10.6. The zero-order chi connectivity index (χ0) is 22.0. The zero-order valence-electron chi connectivity index (χ0n) is 19.9. The highest BCUT2D eigenvalue weighted by molar-refractivity contribution is 5.98. The molecule has 2 saturated heterocycles. The number of nitrogens with zero attached hydrogens (tertiary/aromatic N) is 3. The van der Waals surface area contributed by atoms with Crippen LogP contribution in [0.3, 0.4) is 0 Å². The number of unbranched alkanes of at least 4 members (excludes halogenated alkanes) is 1. The first-order valence-electron chi connectivity index (χ1n) is 12.3. The number of carbonyl (C=O) groups excluding carboxylic acids is 2. The van der Waals surface area contributed by atoms with Gasteiger partial charge < -0.3 is 10.2 Å². The van der Waals surface area contributed by atoms with Crippen LogP contribution in [0, 0.1) is 19.8 Å². The Hall–Kier alpha value is -1.60. The van der Waals surface area contributed by atoms with Gasteiger partial charge in [-0.1, -0.05) is 32.6 Å². The summed E-state index contributed by atoms with van der Waals surface area (Å²) in [7, 11) is 0. The van der Waals surface area contributed by atoms with Crippen LogP contribution in [-0.2, 0) is 9.59 Å². The molecule has 0 aromatic carbocycles. The smallest absolute Gasteiger partial charge is 0.246 e. The molecular formula is C24H40ClN5O2. The maximum absolute atomic E-state index is 13.1. The molecule has 32 heavy (non-hydrogen) atoms. The van der Waals surface area contributed by atoms with Crippen molar-refractivity contribution in [3.63, 3.8) is 0 Å². The molecule has 1 spiro atoms. The first-order valence-corrected chi connectivity index (χ1v) is 12.3. The molecule has 4 rings (SSSR count). The van der Waals surface area contributed by atoms with E-state index in [2.05, 4.69) is 41.2 Å². The zero-order valence-corrected chi connectivity index (χ0v) is 20.7. The Bertz CT molecular complexity index is 777. The predicted octanol–water partition coefficient (Wildman–Crippen LogP) is 3.66. The fraction of sp³-hybridized carbons (Fsp3) is 0.792. The van der Waals surface area contributed by atoms with E-state index in [9.17, 15) is 9.59 Å². The second-order valence-electron chi connectivity index (χ2n) is 9.84. The van der Waals surface area contributed by atoms with Crippen LogP contribution in [0.25, 0.3) is 0 Å². The van der Waals surface area contributed by atoms with Crippen LogP contribution in [0.4, 0.5) is 0 Å². The van der Waals surface area contributed by atoms with Crippen molar-refractivity contribution in [2.24, 2.45) is 5.92 Å². The minimum absolute atomic E-state index is 0. The number of hydrogen-bond donors (Lipinski definition) is 2. The first-order chi connectivity index (χ1) is 15.0. The number of piperidine rings is 1. The molecule has 2 amide bonds. The lowest BCUT2D eigenvalue weighted by molar-refractivity contribution is -0.158. The quantitative estimate of drug-likeness (QED) is 0.671. The third-order valence-corrected chi connectivity index (χ3v) is 7.97. The van der Waals surface area contributed by atoms with Gasteiger partial charge in [-0.25, -0.2) is 0 Å². The summed E-state index contributed by atoms with van der Waals surface area (Å²) < 4.78 is 0. The van der Waals surface area contributed by atoms with Crippen molar-refractivity contribution >= 4 is 24.2 Å². The van der Waals surface area contributed by atoms with Gasteiger partial charge in [0, 0.05) is 36.9 Å². The SMILES string of the molecule is CCCCN1C(=O)CNC(=O)C12CCN(C(c1c(C)n[nH]c1C)C1CCCCC1)CC2.Cl. The fourth-order valence-corrected chi connectivity index (χ4v) is 6.26. The number of amides is 2. The minimum Gasteiger partial charge on any atom is -0.345 e. The van der Waals surface area contributed by atoms with Gasteiger partial charge in [-0.15, -0.1) is 12.4 Å². The summed E-state index contributed by atoms with van der Waals surface area (Å²) >= 11 is 0. The molecule has 1 aromatic rings. The monoisotopic (exact) mass is 465 g/mol. The van der Waals surface area contributed by atoms with E-state index >= 15 is 0 Å². The average Bonchev–Trinajstić information content (AvgIpc) is 3.11. The number of piperazine rings is 1. The van der Waals surface area contributed by atoms with Crippen molar-refractivity contribution in [2.75, 3.05) is 26.2 Å². The largest absolute Gasteiger partial charge is 0.345 e. The average molecular weight is 466 g/mol. The maximum atomic E-state index is 13.1. The molecule has 2 N–H and O–H groups in total. The molecule has 0 radical (unpaired) electrons. The van der Waals surface area contributed by atoms with Gasteiger partial charge in [-0.3, -0.25) is 19.6 Å². The molecular weight excluding hydrogens is 426 g/mol. The normalized spacial score (nSPS) is 23.2. The molecule has 1 unspecified atom stereocenters. The molecule has 1 atom stereocenters. The van der Waals surface area contributed by atoms with E-state index in [-0.39, 0.29) is 30.8 Å². The highest BCUT2D eigenvalue weighted by Crippen LogP contribution is 2.43. The third-order valence-electron chi connectivity index (χ3n) is 7.97. The fourth-order valence-electron chi connectivity index (χ4n) is 6.26. The summed E-state index contributed by atoms with van der Waals surface area (Å²) in [5.41, 5.74) is 2.96. The summed E-state index contributed by atoms with van der Waals surface area (Å²) in [6.07, 6.45) is 9.87. The van der Waals surface area contributed by atoms with Gasteiger partial charge in [0.1, 0.15) is 5.54 Å². The van der Waals surface area contributed by atoms with E-state index in [0.717, 1.165) is 31.6 Å². The number of aromatic nitrogens is 2. The summed E-state index contributed by atoms with van der Waals surface area (Å²) in [6, 6.07) is 0.350. The highest BCUT2D eigenvalue weighted by atomic mass is 35.5. The van der Waals surface area contributed by atoms with E-state index in [0.29, 0.717) is 31.3 Å². The van der Waals surface area contributed by atoms with Gasteiger partial charge >= 0.3 is 0 Å². The van der Waals surface area contributed by atoms with Gasteiger partial charge in [-0.05, 0) is 51.9 Å². The number of halogens is 1. The first kappa shape index (κ1) is 25.0. The Morgan fingerprint density at radius 1 is 1.12 bits per heavy atom. The Morgan fingerprint density at radius 3 is 2.41 bits per heavy atom. The van der Waals surface area contributed by atoms with Crippen molar-refractivity contribution in [3.8, 4) is 0 Å². The molecule has 2 aliphatic heterocycles. The van der Waals surface area contributed by atoms with Gasteiger partial charge in [0.05, 0.1) is 12.2 Å². The number of hydrogen-bond acceptors (Lipinski definition) is 4. The molecule has 0 bridgehead atoms. The van der Waals surface area contributed by atoms with Crippen molar-refractivity contribution in [3.05, 3.63) is 17.0 Å². The molecule has 3 aliphatic rings. The number of H-pyrrole nitrogens is 1. The van der Waals surface area contributed by atoms with Crippen molar-refractivity contribution in [2.45, 2.75) is 90.1 Å². The number of aromatic amines is 1. The van der Waals surface area contributed by atoms with Crippen LogP contribution in [0.1, 0.15) is 87.7 Å². The lowest BCUT2D eigenvalue weighted by Crippen LogP contribution is -2.70. The van der Waals surface area contributed by atoms with E-state index in [1.54, 1.807) is 0 Å². The van der Waals surface area contributed by atoms with Crippen molar-refractivity contribution in [1.82, 2.24) is 25.3 Å². The molecule has 7 nitrogen and oxygen atoms in total. The highest BCUT2D eigenvalue weighted by Gasteiger charge is 2.51. The summed E-state index contributed by atoms with van der Waals surface area (Å²) in [4.78, 5) is 30.3. The number of carbonyl (C=O) groups is 2. The Kier molecular flexibility index (Phi) is 8.26. The molecule has 180 valence electrons. The van der Waals surface area contributed by atoms with Crippen LogP contribution >= 0.6 is 12.4 Å². The van der Waals surface area contributed by atoms with E-state index in [1.165, 1.54) is 43.4 Å². The van der Waals surface area contributed by atoms with Gasteiger partial charge in [0.15, 0.2) is 0 Å². The van der Waals surface area contributed by atoms with Crippen LogP contribution in [0.5, 0.6) is 0 Å². The molecule has 3 fully saturated rings. The standard InChI is InChI=1S/C24H39N5O2.ClH/c1-4-5-13-29-20(30)16-25-23(31)24(29)11-14-28(15-12-24)22(19-9-7-6-8-10-19)21-17(2)26-27-18(21)3;/h19,22H,4-16H2,1-3H3,(H,25,31)(H,26,27);1H. The van der Waals surface area contributed by atoms with Gasteiger partial charge in [0.25, 0.3) is 0 Å². The molecule has 1 saturated carbocycles. The van der Waals surface area contributed by atoms with Gasteiger partial charge in [-0.2, -0.15) is 5.10 Å². The van der Waals surface area contributed by atoms with Crippen LogP contribution < -0.4 is 5.32 Å². The van der Waals surface area contributed by atoms with Crippen molar-refractivity contribution < 1.29 is 9.59 Å². The number of nitrogens with one attached hydrogen (secondary N) is 2. The number of rotatable bonds is 6. The minimum atomic E-state index is -0.668. The van der Waals surface area contributed by atoms with Crippen LogP contribution in [0.15, 0.2) is 0 Å². The third kappa shape index (κ3) is 4.56. The molecule has 3 heterocycles. The molecule has 1 aromatic heterocycles. The Labute approximate surface area is 198 Å². The topological polar surface area (TPSA) is 81.3 Å². The summed E-state index contributed by atoms with van der Waals surface area (Å²) in [6.45, 7) is 8.90. The summed E-state index contributed by atoms with van der Waals surface area (Å²) in [5, 5.41) is 10.6. The van der Waals surface area contributed by atoms with Gasteiger partial charge in [0.2, 0.25) is 11.8 Å². The lowest BCUT2D eigenvalue weighted by Gasteiger charge is -2.52.